The molecule has 1 amide bonds. The summed E-state index contributed by atoms with van der Waals surface area (Å²) in [7, 11) is -0.0959. The maximum absolute atomic E-state index is 14.0. The van der Waals surface area contributed by atoms with Crippen molar-refractivity contribution in [3.8, 4) is 22.9 Å². The van der Waals surface area contributed by atoms with Crippen LogP contribution < -0.4 is 23.9 Å². The number of carbonyl (C=O) groups is 1. The molecule has 12 heteroatoms. The Morgan fingerprint density at radius 1 is 0.886 bits per heavy atom. The third-order valence-electron chi connectivity index (χ3n) is 7.25. The van der Waals surface area contributed by atoms with Crippen molar-refractivity contribution < 1.29 is 27.4 Å². The maximum Gasteiger partial charge on any atom is 0.265 e. The summed E-state index contributed by atoms with van der Waals surface area (Å²) < 4.78 is 47.0. The summed E-state index contributed by atoms with van der Waals surface area (Å²) in [6.07, 6.45) is 1.53. The molecule has 4 aromatic rings. The lowest BCUT2D eigenvalue weighted by Gasteiger charge is -2.25. The fraction of sp³-hybridized carbons (Fsp3) is 0.250. The maximum atomic E-state index is 14.0. The highest BCUT2D eigenvalue weighted by atomic mass is 35.5. The predicted molar refractivity (Wildman–Crippen MR) is 173 cm³/mol. The number of rotatable bonds is 11. The molecule has 0 radical (unpaired) electrons. The first kappa shape index (κ1) is 32.4. The van der Waals surface area contributed by atoms with E-state index in [1.807, 2.05) is 19.9 Å². The number of benzene rings is 3. The Hall–Kier alpha value is -4.48. The van der Waals surface area contributed by atoms with Crippen LogP contribution in [0.1, 0.15) is 28.1 Å². The van der Waals surface area contributed by atoms with Crippen LogP contribution in [0.3, 0.4) is 0 Å². The van der Waals surface area contributed by atoms with E-state index in [-0.39, 0.29) is 27.1 Å². The number of nitrogens with one attached hydrogen (secondary N) is 1. The molecule has 232 valence electrons. The molecule has 0 bridgehead atoms. The zero-order chi connectivity index (χ0) is 32.2. The molecule has 0 aliphatic rings. The summed E-state index contributed by atoms with van der Waals surface area (Å²) in [4.78, 5) is 13.1. The average Bonchev–Trinajstić information content (AvgIpc) is 3.28. The van der Waals surface area contributed by atoms with Crippen LogP contribution in [0, 0.1) is 27.7 Å². The van der Waals surface area contributed by atoms with E-state index in [1.165, 1.54) is 69.0 Å². The molecule has 0 spiro atoms. The van der Waals surface area contributed by atoms with Crippen molar-refractivity contribution in [1.29, 1.82) is 0 Å². The fourth-order valence-corrected chi connectivity index (χ4v) is 6.39. The van der Waals surface area contributed by atoms with Gasteiger partial charge in [-0.2, -0.15) is 5.10 Å². The van der Waals surface area contributed by atoms with Gasteiger partial charge in [0.25, 0.3) is 15.9 Å². The SMILES string of the molecule is COc1ccc(S(=O)(=O)N(CC(=O)N/N=C\c2cc(C)n(-c3ccc(C)c(C)c3)c2C)c2cc(Cl)ccc2OC)cc1OC. The van der Waals surface area contributed by atoms with Crippen molar-refractivity contribution in [2.24, 2.45) is 5.10 Å². The number of hydrazone groups is 1. The van der Waals surface area contributed by atoms with Gasteiger partial charge in [0, 0.05) is 33.7 Å². The molecule has 1 aromatic heterocycles. The van der Waals surface area contributed by atoms with Crippen LogP contribution in [0.5, 0.6) is 17.2 Å². The Kier molecular flexibility index (Phi) is 9.91. The number of halogens is 1. The van der Waals surface area contributed by atoms with E-state index in [0.717, 1.165) is 26.9 Å². The third kappa shape index (κ3) is 6.68. The molecule has 0 atom stereocenters. The van der Waals surface area contributed by atoms with Crippen molar-refractivity contribution in [2.75, 3.05) is 32.2 Å². The van der Waals surface area contributed by atoms with E-state index in [9.17, 15) is 13.2 Å². The zero-order valence-electron chi connectivity index (χ0n) is 25.6. The van der Waals surface area contributed by atoms with Crippen molar-refractivity contribution >= 4 is 39.4 Å². The molecule has 0 aliphatic heterocycles. The van der Waals surface area contributed by atoms with Gasteiger partial charge in [0.2, 0.25) is 0 Å². The summed E-state index contributed by atoms with van der Waals surface area (Å²) in [6.45, 7) is 7.48. The van der Waals surface area contributed by atoms with E-state index in [0.29, 0.717) is 5.75 Å². The van der Waals surface area contributed by atoms with Crippen LogP contribution >= 0.6 is 11.6 Å². The predicted octanol–water partition coefficient (Wildman–Crippen LogP) is 5.74. The lowest BCUT2D eigenvalue weighted by atomic mass is 10.1. The van der Waals surface area contributed by atoms with Gasteiger partial charge in [-0.05, 0) is 87.4 Å². The van der Waals surface area contributed by atoms with Crippen LogP contribution in [0.2, 0.25) is 5.02 Å². The smallest absolute Gasteiger partial charge is 0.265 e. The average molecular weight is 639 g/mol. The first-order valence-corrected chi connectivity index (χ1v) is 15.4. The highest BCUT2D eigenvalue weighted by Crippen LogP contribution is 2.37. The van der Waals surface area contributed by atoms with E-state index in [1.54, 1.807) is 6.07 Å². The quantitative estimate of drug-likeness (QED) is 0.166. The van der Waals surface area contributed by atoms with E-state index >= 15 is 0 Å². The van der Waals surface area contributed by atoms with Gasteiger partial charge in [-0.1, -0.05) is 17.7 Å². The van der Waals surface area contributed by atoms with Crippen molar-refractivity contribution in [1.82, 2.24) is 9.99 Å². The van der Waals surface area contributed by atoms with Crippen LogP contribution in [0.25, 0.3) is 5.69 Å². The Balaban J connectivity index is 1.64. The second kappa shape index (κ2) is 13.4. The molecule has 10 nitrogen and oxygen atoms in total. The Morgan fingerprint density at radius 2 is 1.57 bits per heavy atom. The molecule has 0 aliphatic carbocycles. The van der Waals surface area contributed by atoms with E-state index < -0.39 is 22.5 Å². The molecule has 1 N–H and O–H groups in total. The Labute approximate surface area is 262 Å². The van der Waals surface area contributed by atoms with Crippen LogP contribution in [0.4, 0.5) is 5.69 Å². The molecule has 0 fully saturated rings. The van der Waals surface area contributed by atoms with Crippen LogP contribution in [-0.2, 0) is 14.8 Å². The summed E-state index contributed by atoms with van der Waals surface area (Å²) in [6, 6.07) is 16.9. The minimum atomic E-state index is -4.34. The second-order valence-electron chi connectivity index (χ2n) is 10.1. The van der Waals surface area contributed by atoms with Gasteiger partial charge in [-0.3, -0.25) is 9.10 Å². The second-order valence-corrected chi connectivity index (χ2v) is 12.4. The first-order valence-electron chi connectivity index (χ1n) is 13.6. The number of methoxy groups -OCH3 is 3. The monoisotopic (exact) mass is 638 g/mol. The number of hydrogen-bond donors (Lipinski definition) is 1. The number of hydrogen-bond acceptors (Lipinski definition) is 7. The van der Waals surface area contributed by atoms with Gasteiger partial charge in [0.05, 0.1) is 38.1 Å². The number of amides is 1. The zero-order valence-corrected chi connectivity index (χ0v) is 27.2. The molecular formula is C32H35ClN4O6S. The topological polar surface area (TPSA) is 111 Å². The van der Waals surface area contributed by atoms with Crippen LogP contribution in [0.15, 0.2) is 70.7 Å². The molecule has 1 heterocycles. The van der Waals surface area contributed by atoms with Gasteiger partial charge >= 0.3 is 0 Å². The Morgan fingerprint density at radius 3 is 2.23 bits per heavy atom. The summed E-state index contributed by atoms with van der Waals surface area (Å²) >= 11 is 6.24. The number of sulfonamides is 1. The van der Waals surface area contributed by atoms with E-state index in [4.69, 9.17) is 25.8 Å². The lowest BCUT2D eigenvalue weighted by molar-refractivity contribution is -0.119. The summed E-state index contributed by atoms with van der Waals surface area (Å²) in [5, 5.41) is 4.40. The summed E-state index contributed by atoms with van der Waals surface area (Å²) in [5.41, 5.74) is 8.68. The van der Waals surface area contributed by atoms with Crippen molar-refractivity contribution in [3.05, 3.63) is 93.8 Å². The van der Waals surface area contributed by atoms with Gasteiger partial charge in [0.1, 0.15) is 12.3 Å². The molecule has 3 aromatic carbocycles. The molecule has 0 saturated carbocycles. The largest absolute Gasteiger partial charge is 0.495 e. The van der Waals surface area contributed by atoms with Crippen molar-refractivity contribution in [3.63, 3.8) is 0 Å². The molecule has 0 saturated heterocycles. The molecule has 4 rings (SSSR count). The number of aromatic nitrogens is 1. The highest BCUT2D eigenvalue weighted by molar-refractivity contribution is 7.92. The van der Waals surface area contributed by atoms with Gasteiger partial charge in [-0.15, -0.1) is 0 Å². The number of nitrogens with zero attached hydrogens (tertiary/aromatic N) is 3. The number of carbonyl (C=O) groups excluding carboxylic acids is 1. The Bertz CT molecular complexity index is 1830. The van der Waals surface area contributed by atoms with E-state index in [2.05, 4.69) is 47.1 Å². The lowest BCUT2D eigenvalue weighted by Crippen LogP contribution is -2.39. The first-order chi connectivity index (χ1) is 20.9. The number of ether oxygens (including phenoxy) is 3. The van der Waals surface area contributed by atoms with Gasteiger partial charge < -0.3 is 18.8 Å². The normalized spacial score (nSPS) is 11.5. The summed E-state index contributed by atoms with van der Waals surface area (Å²) in [5.74, 6) is 0.0742. The van der Waals surface area contributed by atoms with Crippen molar-refractivity contribution in [2.45, 2.75) is 32.6 Å². The molecule has 44 heavy (non-hydrogen) atoms. The molecular weight excluding hydrogens is 604 g/mol. The highest BCUT2D eigenvalue weighted by Gasteiger charge is 2.30. The van der Waals surface area contributed by atoms with Crippen LogP contribution in [-0.4, -0.2) is 53.0 Å². The molecule has 0 unspecified atom stereocenters. The minimum Gasteiger partial charge on any atom is -0.495 e. The van der Waals surface area contributed by atoms with Gasteiger partial charge in [0.15, 0.2) is 11.5 Å². The fourth-order valence-electron chi connectivity index (χ4n) is 4.78. The third-order valence-corrected chi connectivity index (χ3v) is 9.24. The van der Waals surface area contributed by atoms with Gasteiger partial charge in [-0.25, -0.2) is 13.8 Å². The number of aryl methyl sites for hydroxylation is 3. The number of anilines is 1. The standard InChI is InChI=1S/C32H35ClN4O6S/c1-20-8-10-26(14-21(20)2)37-22(3)15-24(23(37)4)18-34-35-32(38)19-36(28-16-25(33)9-12-29(28)41-5)44(39,40)27-11-13-30(42-6)31(17-27)43-7/h8-18H,19H2,1-7H3,(H,35,38)/b34-18-. The minimum absolute atomic E-state index is 0.0749.